The second-order valence-electron chi connectivity index (χ2n) is 5.33. The lowest BCUT2D eigenvalue weighted by molar-refractivity contribution is 0.185. The van der Waals surface area contributed by atoms with Gasteiger partial charge in [-0.1, -0.05) is 6.92 Å². The Bertz CT molecular complexity index is 580. The zero-order valence-corrected chi connectivity index (χ0v) is 12.3. The van der Waals surface area contributed by atoms with Crippen LogP contribution in [0.15, 0.2) is 11.4 Å². The first-order valence-electron chi connectivity index (χ1n) is 6.94. The molecule has 2 atom stereocenters. The highest BCUT2D eigenvalue weighted by molar-refractivity contribution is 7.16. The van der Waals surface area contributed by atoms with Crippen LogP contribution in [0.2, 0.25) is 0 Å². The number of rotatable bonds is 3. The molecule has 0 aliphatic carbocycles. The molecule has 1 aliphatic heterocycles. The van der Waals surface area contributed by atoms with Gasteiger partial charge in [0, 0.05) is 12.1 Å². The minimum absolute atomic E-state index is 0.612. The van der Waals surface area contributed by atoms with Crippen molar-refractivity contribution in [2.24, 2.45) is 0 Å². The molecular formula is C14H20N4S. The van der Waals surface area contributed by atoms with Gasteiger partial charge < -0.3 is 5.73 Å². The van der Waals surface area contributed by atoms with Crippen molar-refractivity contribution >= 4 is 27.4 Å². The number of fused-ring (bicyclic) bond motifs is 1. The van der Waals surface area contributed by atoms with Crippen molar-refractivity contribution in [1.82, 2.24) is 14.9 Å². The maximum atomic E-state index is 6.01. The van der Waals surface area contributed by atoms with Gasteiger partial charge in [0.1, 0.15) is 16.5 Å². The van der Waals surface area contributed by atoms with Gasteiger partial charge in [0.25, 0.3) is 0 Å². The van der Waals surface area contributed by atoms with Crippen molar-refractivity contribution < 1.29 is 0 Å². The number of aromatic nitrogens is 2. The van der Waals surface area contributed by atoms with E-state index in [1.54, 1.807) is 11.3 Å². The fourth-order valence-corrected chi connectivity index (χ4v) is 3.80. The van der Waals surface area contributed by atoms with E-state index in [0.29, 0.717) is 17.9 Å². The van der Waals surface area contributed by atoms with Gasteiger partial charge in [0.2, 0.25) is 0 Å². The summed E-state index contributed by atoms with van der Waals surface area (Å²) in [5.41, 5.74) is 6.01. The molecule has 2 N–H and O–H groups in total. The fourth-order valence-electron chi connectivity index (χ4n) is 3.01. The van der Waals surface area contributed by atoms with E-state index in [9.17, 15) is 0 Å². The molecule has 0 spiro atoms. The van der Waals surface area contributed by atoms with Crippen molar-refractivity contribution in [2.75, 3.05) is 5.73 Å². The Morgan fingerprint density at radius 2 is 2.26 bits per heavy atom. The van der Waals surface area contributed by atoms with Crippen LogP contribution in [-0.2, 0) is 6.54 Å². The summed E-state index contributed by atoms with van der Waals surface area (Å²) in [5, 5.41) is 3.00. The number of hydrogen-bond donors (Lipinski definition) is 1. The zero-order chi connectivity index (χ0) is 13.4. The molecule has 2 aromatic rings. The Kier molecular flexibility index (Phi) is 3.41. The Morgan fingerprint density at radius 3 is 3.05 bits per heavy atom. The average Bonchev–Trinajstić information content (AvgIpc) is 2.98. The maximum absolute atomic E-state index is 6.01. The van der Waals surface area contributed by atoms with Crippen molar-refractivity contribution in [3.63, 3.8) is 0 Å². The van der Waals surface area contributed by atoms with Crippen LogP contribution in [-0.4, -0.2) is 27.0 Å². The maximum Gasteiger partial charge on any atom is 0.146 e. The molecule has 2 unspecified atom stereocenters. The van der Waals surface area contributed by atoms with Gasteiger partial charge in [0.15, 0.2) is 0 Å². The van der Waals surface area contributed by atoms with Crippen LogP contribution >= 0.6 is 11.3 Å². The molecule has 1 fully saturated rings. The second kappa shape index (κ2) is 5.06. The summed E-state index contributed by atoms with van der Waals surface area (Å²) >= 11 is 1.63. The summed E-state index contributed by atoms with van der Waals surface area (Å²) < 4.78 is 0. The number of nitrogen functional groups attached to an aromatic ring is 1. The van der Waals surface area contributed by atoms with E-state index in [-0.39, 0.29) is 0 Å². The molecule has 102 valence electrons. The van der Waals surface area contributed by atoms with Gasteiger partial charge in [0.05, 0.1) is 11.9 Å². The molecule has 0 amide bonds. The molecule has 0 saturated carbocycles. The third-order valence-corrected chi connectivity index (χ3v) is 4.96. The molecule has 1 saturated heterocycles. The topological polar surface area (TPSA) is 55.0 Å². The van der Waals surface area contributed by atoms with Gasteiger partial charge in [-0.3, -0.25) is 4.90 Å². The first-order valence-corrected chi connectivity index (χ1v) is 7.82. The molecule has 19 heavy (non-hydrogen) atoms. The van der Waals surface area contributed by atoms with Crippen LogP contribution in [0.3, 0.4) is 0 Å². The van der Waals surface area contributed by atoms with Crippen molar-refractivity contribution in [1.29, 1.82) is 0 Å². The lowest BCUT2D eigenvalue weighted by Gasteiger charge is -2.26. The molecule has 3 heterocycles. The number of thiophene rings is 1. The van der Waals surface area contributed by atoms with Gasteiger partial charge in [-0.2, -0.15) is 0 Å². The second-order valence-corrected chi connectivity index (χ2v) is 6.22. The van der Waals surface area contributed by atoms with E-state index in [0.717, 1.165) is 22.6 Å². The predicted molar refractivity (Wildman–Crippen MR) is 80.1 cm³/mol. The SMILES string of the molecule is CCC1CCC(C)N1Cc1nc(N)c2ccsc2n1. The summed E-state index contributed by atoms with van der Waals surface area (Å²) in [6, 6.07) is 3.28. The van der Waals surface area contributed by atoms with Gasteiger partial charge >= 0.3 is 0 Å². The third kappa shape index (κ3) is 2.32. The van der Waals surface area contributed by atoms with Crippen molar-refractivity contribution in [3.05, 3.63) is 17.3 Å². The minimum Gasteiger partial charge on any atom is -0.383 e. The first-order chi connectivity index (χ1) is 9.19. The Hall–Kier alpha value is -1.20. The molecule has 0 radical (unpaired) electrons. The Labute approximate surface area is 117 Å². The van der Waals surface area contributed by atoms with Crippen LogP contribution in [0.25, 0.3) is 10.2 Å². The van der Waals surface area contributed by atoms with Crippen LogP contribution in [0, 0.1) is 0 Å². The van der Waals surface area contributed by atoms with Crippen LogP contribution in [0.4, 0.5) is 5.82 Å². The van der Waals surface area contributed by atoms with E-state index in [2.05, 4.69) is 28.7 Å². The highest BCUT2D eigenvalue weighted by Gasteiger charge is 2.29. The first kappa shape index (κ1) is 12.8. The van der Waals surface area contributed by atoms with Crippen molar-refractivity contribution in [2.45, 2.75) is 51.7 Å². The molecule has 5 heteroatoms. The molecule has 1 aliphatic rings. The molecule has 0 aromatic carbocycles. The summed E-state index contributed by atoms with van der Waals surface area (Å²) in [7, 11) is 0. The van der Waals surface area contributed by atoms with Crippen LogP contribution in [0.1, 0.15) is 38.9 Å². The van der Waals surface area contributed by atoms with E-state index in [4.69, 9.17) is 5.73 Å². The normalized spacial score (nSPS) is 24.3. The van der Waals surface area contributed by atoms with Crippen molar-refractivity contribution in [3.8, 4) is 0 Å². The van der Waals surface area contributed by atoms with E-state index < -0.39 is 0 Å². The summed E-state index contributed by atoms with van der Waals surface area (Å²) in [5.74, 6) is 1.47. The molecule has 3 rings (SSSR count). The van der Waals surface area contributed by atoms with E-state index in [1.165, 1.54) is 19.3 Å². The standard InChI is InChI=1S/C14H20N4S/c1-3-10-5-4-9(2)18(10)8-12-16-13(15)11-6-7-19-14(11)17-12/h6-7,9-10H,3-5,8H2,1-2H3,(H2,15,16,17). The number of hydrogen-bond acceptors (Lipinski definition) is 5. The molecule has 0 bridgehead atoms. The van der Waals surface area contributed by atoms with E-state index in [1.807, 2.05) is 11.4 Å². The van der Waals surface area contributed by atoms with Gasteiger partial charge in [-0.05, 0) is 37.6 Å². The number of likely N-dealkylation sites (tertiary alicyclic amines) is 1. The highest BCUT2D eigenvalue weighted by atomic mass is 32.1. The van der Waals surface area contributed by atoms with Crippen LogP contribution < -0.4 is 5.73 Å². The minimum atomic E-state index is 0.612. The average molecular weight is 276 g/mol. The highest BCUT2D eigenvalue weighted by Crippen LogP contribution is 2.28. The largest absolute Gasteiger partial charge is 0.383 e. The third-order valence-electron chi connectivity index (χ3n) is 4.15. The van der Waals surface area contributed by atoms with Crippen LogP contribution in [0.5, 0.6) is 0 Å². The monoisotopic (exact) mass is 276 g/mol. The number of anilines is 1. The number of nitrogens with zero attached hydrogens (tertiary/aromatic N) is 3. The Balaban J connectivity index is 1.88. The quantitative estimate of drug-likeness (QED) is 0.936. The van der Waals surface area contributed by atoms with Gasteiger partial charge in [-0.25, -0.2) is 9.97 Å². The lowest BCUT2D eigenvalue weighted by atomic mass is 10.1. The van der Waals surface area contributed by atoms with E-state index >= 15 is 0 Å². The fraction of sp³-hybridized carbons (Fsp3) is 0.571. The van der Waals surface area contributed by atoms with Gasteiger partial charge in [-0.15, -0.1) is 11.3 Å². The molecule has 4 nitrogen and oxygen atoms in total. The molecule has 2 aromatic heterocycles. The predicted octanol–water partition coefficient (Wildman–Crippen LogP) is 3.04. The smallest absolute Gasteiger partial charge is 0.146 e. The Morgan fingerprint density at radius 1 is 1.42 bits per heavy atom. The summed E-state index contributed by atoms with van der Waals surface area (Å²) in [6.07, 6.45) is 3.75. The lowest BCUT2D eigenvalue weighted by Crippen LogP contribution is -2.34. The summed E-state index contributed by atoms with van der Waals surface area (Å²) in [6.45, 7) is 5.37. The molecular weight excluding hydrogens is 256 g/mol. The zero-order valence-electron chi connectivity index (χ0n) is 11.5. The summed E-state index contributed by atoms with van der Waals surface area (Å²) in [4.78, 5) is 12.6. The number of nitrogens with two attached hydrogens (primary N) is 1.